The first kappa shape index (κ1) is 31.9. The third-order valence-corrected chi connectivity index (χ3v) is 9.61. The summed E-state index contributed by atoms with van der Waals surface area (Å²) in [4.78, 5) is 58.9. The summed E-state index contributed by atoms with van der Waals surface area (Å²) in [5, 5.41) is 11.9. The second kappa shape index (κ2) is 11.6. The van der Waals surface area contributed by atoms with Crippen LogP contribution in [0.15, 0.2) is 113 Å². The van der Waals surface area contributed by atoms with Gasteiger partial charge >= 0.3 is 23.7 Å². The number of aliphatic imine (C=N–C) groups is 4. The Morgan fingerprint density at radius 2 is 1.64 bits per heavy atom. The second-order valence-corrected chi connectivity index (χ2v) is 12.1. The molecule has 1 saturated heterocycles. The van der Waals surface area contributed by atoms with E-state index in [1.165, 1.54) is 7.11 Å². The van der Waals surface area contributed by atoms with E-state index in [2.05, 4.69) is 6.58 Å². The molecule has 0 aromatic heterocycles. The molecule has 6 heterocycles. The molecule has 8 bridgehead atoms. The van der Waals surface area contributed by atoms with E-state index in [1.54, 1.807) is 19.1 Å². The maximum Gasteiger partial charge on any atom is 0.384 e. The number of esters is 3. The highest BCUT2D eigenvalue weighted by molar-refractivity contribution is 6.34. The summed E-state index contributed by atoms with van der Waals surface area (Å²) in [6.07, 6.45) is 8.37. The van der Waals surface area contributed by atoms with Gasteiger partial charge in [0.25, 0.3) is 0 Å². The lowest BCUT2D eigenvalue weighted by Gasteiger charge is -2.34. The van der Waals surface area contributed by atoms with Crippen LogP contribution in [0.4, 0.5) is 0 Å². The molecule has 0 saturated carbocycles. The zero-order valence-corrected chi connectivity index (χ0v) is 27.5. The van der Waals surface area contributed by atoms with Crippen molar-refractivity contribution in [2.24, 2.45) is 31.8 Å². The molecule has 242 valence electrons. The molecular formula is C36H36N4O7. The first-order valence-corrected chi connectivity index (χ1v) is 15.5. The number of carbonyl (C=O) groups excluding carboxylic acids is 3. The average Bonchev–Trinajstić information content (AvgIpc) is 3.72. The maximum atomic E-state index is 13.5. The van der Waals surface area contributed by atoms with Crippen LogP contribution < -0.4 is 0 Å². The van der Waals surface area contributed by atoms with Crippen LogP contribution in [-0.2, 0) is 28.6 Å². The van der Waals surface area contributed by atoms with Crippen molar-refractivity contribution in [2.75, 3.05) is 14.2 Å². The highest BCUT2D eigenvalue weighted by Crippen LogP contribution is 2.47. The van der Waals surface area contributed by atoms with Gasteiger partial charge in [0.05, 0.1) is 65.3 Å². The van der Waals surface area contributed by atoms with Crippen molar-refractivity contribution in [3.05, 3.63) is 92.7 Å². The first-order valence-electron chi connectivity index (χ1n) is 15.5. The largest absolute Gasteiger partial charge is 0.469 e. The lowest BCUT2D eigenvalue weighted by atomic mass is 9.81. The maximum absolute atomic E-state index is 13.5. The number of hydrogen-bond donors (Lipinski definition) is 1. The summed E-state index contributed by atoms with van der Waals surface area (Å²) in [5.41, 5.74) is 8.37. The SMILES string of the molecule is C=CC1=C(C)C2=CC3=NC(=C4C5=NC(=CC6=NC(=CC1=N2)C(C)=C6CC)C(C)=C5C(=O)O[C@]4(O)C(=O)OC)[C@@H](CCC(=O)OC)[C@@H]3C. The van der Waals surface area contributed by atoms with E-state index in [4.69, 9.17) is 34.2 Å². The number of methoxy groups -OCH3 is 2. The predicted molar refractivity (Wildman–Crippen MR) is 177 cm³/mol. The molecule has 0 aliphatic carbocycles. The highest BCUT2D eigenvalue weighted by Gasteiger charge is 2.58. The zero-order valence-electron chi connectivity index (χ0n) is 27.5. The molecule has 0 spiro atoms. The van der Waals surface area contributed by atoms with Crippen LogP contribution in [0, 0.1) is 11.8 Å². The van der Waals surface area contributed by atoms with Crippen molar-refractivity contribution in [1.29, 1.82) is 0 Å². The van der Waals surface area contributed by atoms with Gasteiger partial charge in [-0.25, -0.2) is 24.6 Å². The number of rotatable bonds is 6. The van der Waals surface area contributed by atoms with Gasteiger partial charge in [-0.05, 0) is 74.1 Å². The number of cyclic esters (lactones) is 1. The number of hydrogen-bond acceptors (Lipinski definition) is 11. The van der Waals surface area contributed by atoms with Gasteiger partial charge in [-0.1, -0.05) is 26.5 Å². The molecule has 11 heteroatoms. The summed E-state index contributed by atoms with van der Waals surface area (Å²) in [7, 11) is 2.40. The number of aliphatic hydroxyl groups is 1. The molecule has 0 aromatic rings. The molecule has 11 nitrogen and oxygen atoms in total. The van der Waals surface area contributed by atoms with Crippen LogP contribution in [0.5, 0.6) is 0 Å². The minimum absolute atomic E-state index is 0.0399. The number of fused-ring (bicyclic) bond motifs is 4. The van der Waals surface area contributed by atoms with Gasteiger partial charge in [0.1, 0.15) is 0 Å². The van der Waals surface area contributed by atoms with Crippen LogP contribution in [0.25, 0.3) is 0 Å². The third kappa shape index (κ3) is 4.88. The van der Waals surface area contributed by atoms with Gasteiger partial charge in [0.15, 0.2) is 0 Å². The van der Waals surface area contributed by atoms with Crippen molar-refractivity contribution in [2.45, 2.75) is 59.7 Å². The fourth-order valence-corrected chi connectivity index (χ4v) is 6.89. The topological polar surface area (TPSA) is 149 Å². The number of allylic oxidation sites excluding steroid dienone is 10. The van der Waals surface area contributed by atoms with Crippen LogP contribution in [0.1, 0.15) is 53.9 Å². The molecule has 6 aliphatic heterocycles. The van der Waals surface area contributed by atoms with Crippen LogP contribution in [-0.4, -0.2) is 65.9 Å². The molecule has 0 radical (unpaired) electrons. The number of carbonyl (C=O) groups is 3. The Labute approximate surface area is 272 Å². The Morgan fingerprint density at radius 3 is 2.30 bits per heavy atom. The van der Waals surface area contributed by atoms with E-state index in [1.807, 2.05) is 39.8 Å². The lowest BCUT2D eigenvalue weighted by molar-refractivity contribution is -0.211. The molecule has 0 aromatic carbocycles. The normalized spacial score (nSPS) is 26.4. The fraction of sp³-hybridized carbons (Fsp3) is 0.361. The highest BCUT2D eigenvalue weighted by atomic mass is 16.7. The summed E-state index contributed by atoms with van der Waals surface area (Å²) in [6, 6.07) is 0. The molecule has 0 unspecified atom stereocenters. The molecule has 0 amide bonds. The Morgan fingerprint density at radius 1 is 0.979 bits per heavy atom. The second-order valence-electron chi connectivity index (χ2n) is 12.1. The predicted octanol–water partition coefficient (Wildman–Crippen LogP) is 4.89. The van der Waals surface area contributed by atoms with Gasteiger partial charge in [-0.2, -0.15) is 0 Å². The van der Waals surface area contributed by atoms with E-state index in [-0.39, 0.29) is 41.3 Å². The molecule has 1 fully saturated rings. The minimum atomic E-state index is -2.85. The molecule has 6 rings (SSSR count). The summed E-state index contributed by atoms with van der Waals surface area (Å²) in [6.45, 7) is 13.7. The molecule has 1 N–H and O–H groups in total. The van der Waals surface area contributed by atoms with E-state index >= 15 is 0 Å². The van der Waals surface area contributed by atoms with E-state index in [9.17, 15) is 19.5 Å². The molecule has 47 heavy (non-hydrogen) atoms. The Hall–Kier alpha value is -5.03. The molecule has 6 aliphatic rings. The first-order chi connectivity index (χ1) is 22.4. The van der Waals surface area contributed by atoms with Crippen molar-refractivity contribution < 1.29 is 33.7 Å². The number of nitrogens with zero attached hydrogens (tertiary/aromatic N) is 4. The van der Waals surface area contributed by atoms with Crippen LogP contribution in [0.2, 0.25) is 0 Å². The summed E-state index contributed by atoms with van der Waals surface area (Å²) >= 11 is 0. The number of ether oxygens (including phenoxy) is 3. The van der Waals surface area contributed by atoms with Gasteiger partial charge in [-0.3, -0.25) is 9.79 Å². The van der Waals surface area contributed by atoms with Crippen LogP contribution in [0.3, 0.4) is 0 Å². The fourth-order valence-electron chi connectivity index (χ4n) is 6.89. The van der Waals surface area contributed by atoms with Gasteiger partial charge < -0.3 is 19.3 Å². The van der Waals surface area contributed by atoms with Crippen molar-refractivity contribution in [1.82, 2.24) is 0 Å². The van der Waals surface area contributed by atoms with E-state index in [0.29, 0.717) is 40.5 Å². The smallest absolute Gasteiger partial charge is 0.384 e. The van der Waals surface area contributed by atoms with E-state index < -0.39 is 29.6 Å². The Balaban J connectivity index is 1.72. The average molecular weight is 637 g/mol. The lowest BCUT2D eigenvalue weighted by Crippen LogP contribution is -2.53. The zero-order chi connectivity index (χ0) is 33.9. The molecular weight excluding hydrogens is 600 g/mol. The molecule has 3 atom stereocenters. The minimum Gasteiger partial charge on any atom is -0.469 e. The Bertz CT molecular complexity index is 1940. The van der Waals surface area contributed by atoms with Crippen molar-refractivity contribution in [3.63, 3.8) is 0 Å². The summed E-state index contributed by atoms with van der Waals surface area (Å²) in [5.74, 6) is -6.23. The standard InChI is InChI=1S/C36H36N4O7/c1-9-20-16(3)23-13-25-18(5)22(11-12-29(41)45-7)32(39-25)31-33-30(34(42)47-36(31,44)35(43)46-8)19(6)26(40-33)15-28-21(10-2)17(4)24(38-28)14-27(20)37-23/h9,13-15,18,22,44H,1,10-12H2,2-8H3/t18-,22-,36-/m0/s1. The van der Waals surface area contributed by atoms with Gasteiger partial charge in [0.2, 0.25) is 0 Å². The van der Waals surface area contributed by atoms with Crippen molar-refractivity contribution >= 4 is 40.8 Å². The van der Waals surface area contributed by atoms with Gasteiger partial charge in [0, 0.05) is 29.5 Å². The monoisotopic (exact) mass is 636 g/mol. The van der Waals surface area contributed by atoms with E-state index in [0.717, 1.165) is 35.1 Å². The summed E-state index contributed by atoms with van der Waals surface area (Å²) < 4.78 is 15.4. The third-order valence-electron chi connectivity index (χ3n) is 9.61. The Kier molecular flexibility index (Phi) is 7.91. The van der Waals surface area contributed by atoms with Gasteiger partial charge in [-0.15, -0.1) is 0 Å². The van der Waals surface area contributed by atoms with Crippen LogP contribution >= 0.6 is 0 Å². The quantitative estimate of drug-likeness (QED) is 0.322. The van der Waals surface area contributed by atoms with Crippen molar-refractivity contribution in [3.8, 4) is 0 Å².